The van der Waals surface area contributed by atoms with Gasteiger partial charge in [0.1, 0.15) is 0 Å². The average Bonchev–Trinajstić information content (AvgIpc) is 3.46. The normalized spacial score (nSPS) is 18.8. The number of hydrogen-bond donors (Lipinski definition) is 0. The summed E-state index contributed by atoms with van der Waals surface area (Å²) < 4.78 is 0. The van der Waals surface area contributed by atoms with Crippen LogP contribution in [0, 0.1) is 11.8 Å². The van der Waals surface area contributed by atoms with Gasteiger partial charge in [0.25, 0.3) is 0 Å². The molecule has 2 aliphatic rings. The summed E-state index contributed by atoms with van der Waals surface area (Å²) in [7, 11) is 0. The molecule has 0 N–H and O–H groups in total. The Labute approximate surface area is 363 Å². The summed E-state index contributed by atoms with van der Waals surface area (Å²) in [5.41, 5.74) is 19.2. The van der Waals surface area contributed by atoms with Crippen LogP contribution in [-0.2, 0) is 17.3 Å². The summed E-state index contributed by atoms with van der Waals surface area (Å²) in [5, 5.41) is 0. The highest BCUT2D eigenvalue weighted by atomic mass is 14.4. The van der Waals surface area contributed by atoms with E-state index in [-0.39, 0.29) is 22.7 Å². The zero-order chi connectivity index (χ0) is 42.6. The molecule has 0 aromatic heterocycles. The maximum atomic E-state index is 4.76. The van der Waals surface area contributed by atoms with Crippen molar-refractivity contribution in [1.29, 1.82) is 0 Å². The molecular weight excluding hydrogens is 721 g/mol. The van der Waals surface area contributed by atoms with Crippen LogP contribution >= 0.6 is 0 Å². The van der Waals surface area contributed by atoms with Crippen LogP contribution in [0.2, 0.25) is 0 Å². The molecule has 4 unspecified atom stereocenters. The van der Waals surface area contributed by atoms with E-state index >= 15 is 0 Å². The Bertz CT molecular complexity index is 2370. The van der Waals surface area contributed by atoms with Crippen molar-refractivity contribution >= 4 is 11.1 Å². The minimum absolute atomic E-state index is 0.0753. The summed E-state index contributed by atoms with van der Waals surface area (Å²) in [5.74, 6) is 1.41. The van der Waals surface area contributed by atoms with Crippen molar-refractivity contribution in [1.82, 2.24) is 0 Å². The van der Waals surface area contributed by atoms with Crippen molar-refractivity contribution in [3.63, 3.8) is 0 Å². The van der Waals surface area contributed by atoms with Gasteiger partial charge in [-0.3, -0.25) is 0 Å². The number of allylic oxidation sites excluding steroid dienone is 8. The van der Waals surface area contributed by atoms with Gasteiger partial charge in [0.15, 0.2) is 0 Å². The SMILES string of the molecule is C=CCC(/C=C\Cc1ccccc1)C(c1ccc(/C2=C/C3=C(c4cc(C(C)(C)C)c(C(C)CCC)cc4C3(C)C)C(C)CCC2=C)cc1)c1ccc(-c2ccccc2)cc1. The molecule has 0 saturated heterocycles. The molecule has 0 bridgehead atoms. The summed E-state index contributed by atoms with van der Waals surface area (Å²) in [6.07, 6.45) is 15.7. The zero-order valence-corrected chi connectivity index (χ0v) is 37.8. The van der Waals surface area contributed by atoms with Crippen LogP contribution in [0.4, 0.5) is 0 Å². The fourth-order valence-electron chi connectivity index (χ4n) is 10.2. The fraction of sp³-hybridized carbons (Fsp3) is 0.333. The summed E-state index contributed by atoms with van der Waals surface area (Å²) in [6, 6.07) is 45.5. The van der Waals surface area contributed by atoms with Crippen molar-refractivity contribution in [3.8, 4) is 11.1 Å². The highest BCUT2D eigenvalue weighted by Gasteiger charge is 2.41. The second-order valence-electron chi connectivity index (χ2n) is 19.4. The molecule has 5 aromatic rings. The first-order valence-electron chi connectivity index (χ1n) is 22.7. The van der Waals surface area contributed by atoms with E-state index in [1.807, 2.05) is 0 Å². The van der Waals surface area contributed by atoms with Crippen LogP contribution in [0.5, 0.6) is 0 Å². The van der Waals surface area contributed by atoms with Crippen molar-refractivity contribution in [2.45, 2.75) is 117 Å². The van der Waals surface area contributed by atoms with Gasteiger partial charge in [-0.1, -0.05) is 208 Å². The van der Waals surface area contributed by atoms with Crippen LogP contribution in [-0.4, -0.2) is 0 Å². The molecular formula is C60H68. The van der Waals surface area contributed by atoms with Crippen LogP contribution in [0.25, 0.3) is 22.3 Å². The van der Waals surface area contributed by atoms with E-state index in [0.717, 1.165) is 25.7 Å². The van der Waals surface area contributed by atoms with E-state index in [9.17, 15) is 0 Å². The molecule has 7 rings (SSSR count). The lowest BCUT2D eigenvalue weighted by Crippen LogP contribution is -2.20. The minimum atomic E-state index is -0.111. The molecule has 0 radical (unpaired) electrons. The van der Waals surface area contributed by atoms with Crippen LogP contribution in [0.15, 0.2) is 170 Å². The fourth-order valence-corrected chi connectivity index (χ4v) is 10.2. The minimum Gasteiger partial charge on any atom is -0.103 e. The predicted octanol–water partition coefficient (Wildman–Crippen LogP) is 16.8. The monoisotopic (exact) mass is 789 g/mol. The third kappa shape index (κ3) is 8.95. The summed E-state index contributed by atoms with van der Waals surface area (Å²) >= 11 is 0. The molecule has 4 atom stereocenters. The van der Waals surface area contributed by atoms with Crippen molar-refractivity contribution < 1.29 is 0 Å². The van der Waals surface area contributed by atoms with Gasteiger partial charge in [-0.15, -0.1) is 6.58 Å². The van der Waals surface area contributed by atoms with Crippen LogP contribution in [0.3, 0.4) is 0 Å². The molecule has 0 saturated carbocycles. The quantitative estimate of drug-likeness (QED) is 0.104. The highest BCUT2D eigenvalue weighted by Crippen LogP contribution is 2.54. The first-order chi connectivity index (χ1) is 28.8. The van der Waals surface area contributed by atoms with Gasteiger partial charge in [0.2, 0.25) is 0 Å². The molecule has 2 aliphatic carbocycles. The van der Waals surface area contributed by atoms with E-state index in [1.165, 1.54) is 85.2 Å². The number of benzene rings is 5. The van der Waals surface area contributed by atoms with Gasteiger partial charge in [-0.25, -0.2) is 0 Å². The maximum Gasteiger partial charge on any atom is 0.0155 e. The van der Waals surface area contributed by atoms with E-state index in [4.69, 9.17) is 6.58 Å². The molecule has 0 aliphatic heterocycles. The lowest BCUT2D eigenvalue weighted by molar-refractivity contribution is 0.560. The molecule has 0 nitrogen and oxygen atoms in total. The van der Waals surface area contributed by atoms with Gasteiger partial charge in [-0.05, 0) is 139 Å². The summed E-state index contributed by atoms with van der Waals surface area (Å²) in [6.45, 7) is 28.3. The Hall–Kier alpha value is -5.20. The smallest absolute Gasteiger partial charge is 0.0155 e. The van der Waals surface area contributed by atoms with E-state index in [2.05, 4.69) is 208 Å². The average molecular weight is 789 g/mol. The van der Waals surface area contributed by atoms with Crippen molar-refractivity contribution in [3.05, 3.63) is 214 Å². The highest BCUT2D eigenvalue weighted by molar-refractivity contribution is 5.90. The Kier molecular flexibility index (Phi) is 13.0. The summed E-state index contributed by atoms with van der Waals surface area (Å²) in [4.78, 5) is 0. The van der Waals surface area contributed by atoms with Gasteiger partial charge in [0, 0.05) is 11.3 Å². The van der Waals surface area contributed by atoms with Crippen molar-refractivity contribution in [2.75, 3.05) is 0 Å². The molecule has 0 spiro atoms. The Balaban J connectivity index is 1.30. The topological polar surface area (TPSA) is 0 Å². The largest absolute Gasteiger partial charge is 0.103 e. The van der Waals surface area contributed by atoms with Gasteiger partial charge in [0.05, 0.1) is 0 Å². The lowest BCUT2D eigenvalue weighted by Gasteiger charge is -2.30. The molecule has 60 heavy (non-hydrogen) atoms. The van der Waals surface area contributed by atoms with Gasteiger partial charge in [-0.2, -0.15) is 0 Å². The second-order valence-corrected chi connectivity index (χ2v) is 19.4. The van der Waals surface area contributed by atoms with E-state index in [1.54, 1.807) is 5.57 Å². The molecule has 0 amide bonds. The number of rotatable bonds is 13. The first-order valence-corrected chi connectivity index (χ1v) is 22.7. The molecule has 0 heterocycles. The predicted molar refractivity (Wildman–Crippen MR) is 262 cm³/mol. The number of fused-ring (bicyclic) bond motifs is 2. The lowest BCUT2D eigenvalue weighted by atomic mass is 9.74. The standard InChI is InChI=1S/C60H68/c1-11-20-41(3)52-39-55-53(40-54(52)59(6,7)8)57-43(5)29-28-42(4)51(38-56(57)60(55,9)10)47-32-36-50(37-33-47)58(48(21-12-2)27-19-24-44-22-15-13-16-23-44)49-34-30-46(31-35-49)45-25-17-14-18-26-45/h12-19,22-23,25-27,30-41,43,48,58H,2,4,11,20-21,24,28-29H2,1,3,5-10H3/b27-19-,51-38+. The third-order valence-electron chi connectivity index (χ3n) is 13.6. The van der Waals surface area contributed by atoms with Crippen molar-refractivity contribution in [2.24, 2.45) is 11.8 Å². The third-order valence-corrected chi connectivity index (χ3v) is 13.6. The Morgan fingerprint density at radius 1 is 0.800 bits per heavy atom. The van der Waals surface area contributed by atoms with Crippen LogP contribution in [0.1, 0.15) is 144 Å². The van der Waals surface area contributed by atoms with Gasteiger partial charge < -0.3 is 0 Å². The molecule has 0 fully saturated rings. The van der Waals surface area contributed by atoms with Gasteiger partial charge >= 0.3 is 0 Å². The van der Waals surface area contributed by atoms with Crippen LogP contribution < -0.4 is 0 Å². The zero-order valence-electron chi connectivity index (χ0n) is 37.8. The molecule has 5 aromatic carbocycles. The van der Waals surface area contributed by atoms with E-state index < -0.39 is 0 Å². The molecule has 0 heteroatoms. The Morgan fingerprint density at radius 2 is 1.40 bits per heavy atom. The van der Waals surface area contributed by atoms with E-state index in [0.29, 0.717) is 11.8 Å². The first kappa shape index (κ1) is 42.9. The number of hydrogen-bond acceptors (Lipinski definition) is 0. The second kappa shape index (κ2) is 18.2. The molecule has 308 valence electrons. The maximum absolute atomic E-state index is 4.76. The Morgan fingerprint density at radius 3 is 2.00 bits per heavy atom.